The highest BCUT2D eigenvalue weighted by Gasteiger charge is 2.76. The summed E-state index contributed by atoms with van der Waals surface area (Å²) < 4.78 is 137. The van der Waals surface area contributed by atoms with Gasteiger partial charge in [-0.3, -0.25) is 14.4 Å². The average molecular weight is 805 g/mol. The lowest BCUT2D eigenvalue weighted by Gasteiger charge is -2.55. The van der Waals surface area contributed by atoms with Crippen molar-refractivity contribution in [3.63, 3.8) is 0 Å². The molecule has 0 N–H and O–H groups in total. The molecule has 15 heteroatoms. The van der Waals surface area contributed by atoms with E-state index in [9.17, 15) is 53.9 Å². The highest BCUT2D eigenvalue weighted by Crippen LogP contribution is 2.61. The van der Waals surface area contributed by atoms with Crippen LogP contribution in [0.15, 0.2) is 0 Å². The van der Waals surface area contributed by atoms with Crippen LogP contribution >= 0.6 is 0 Å². The Morgan fingerprint density at radius 3 is 1.30 bits per heavy atom. The molecule has 4 saturated carbocycles. The second-order valence-corrected chi connectivity index (χ2v) is 16.3. The Kier molecular flexibility index (Phi) is 20.5. The molecular formula is C39H69F9O6. The average Bonchev–Trinajstić information content (AvgIpc) is 2.94. The Morgan fingerprint density at radius 1 is 0.648 bits per heavy atom. The fourth-order valence-electron chi connectivity index (χ4n) is 7.18. The largest absolute Gasteiger partial charge is 0.462 e. The summed E-state index contributed by atoms with van der Waals surface area (Å²) in [6, 6.07) is 0. The van der Waals surface area contributed by atoms with Crippen LogP contribution in [-0.4, -0.2) is 54.2 Å². The lowest BCUT2D eigenvalue weighted by molar-refractivity contribution is -0.378. The first-order valence-electron chi connectivity index (χ1n) is 17.3. The van der Waals surface area contributed by atoms with Crippen molar-refractivity contribution in [3.05, 3.63) is 0 Å². The molecule has 4 rings (SSSR count). The van der Waals surface area contributed by atoms with Crippen LogP contribution in [0.3, 0.4) is 0 Å². The molecule has 0 heterocycles. The molecule has 54 heavy (non-hydrogen) atoms. The molecule has 2 unspecified atom stereocenters. The standard InChI is InChI=1S/C26H38F6O4.C9H15F3O2.4CH4/c1-6-22(4,5)20(33)35-19(7-15(2)3)14-24(25(27,28)29,26(30,31)32)36-21(34)23-11-16-8-17(12-23)10-18(9-16)13-23;1-5-8(3,4)7(13)14-6(2)9(10,11)12;;;;/h15-19H,6-14H2,1-5H3;6H,5H2,1-4H3;4*1H4. The summed E-state index contributed by atoms with van der Waals surface area (Å²) in [5.74, 6) is -3.11. The van der Waals surface area contributed by atoms with Gasteiger partial charge in [-0.1, -0.05) is 57.4 Å². The summed E-state index contributed by atoms with van der Waals surface area (Å²) in [4.78, 5) is 37.2. The van der Waals surface area contributed by atoms with E-state index in [2.05, 4.69) is 9.47 Å². The Balaban J connectivity index is -0.00000124. The van der Waals surface area contributed by atoms with Gasteiger partial charge in [0.15, 0.2) is 6.10 Å². The number of carbonyl (C=O) groups excluding carboxylic acids is 3. The molecule has 2 atom stereocenters. The van der Waals surface area contributed by atoms with E-state index in [1.54, 1.807) is 41.5 Å². The molecule has 0 aromatic carbocycles. The van der Waals surface area contributed by atoms with Crippen LogP contribution in [0.25, 0.3) is 0 Å². The Hall–Kier alpha value is -2.22. The van der Waals surface area contributed by atoms with Crippen molar-refractivity contribution in [2.75, 3.05) is 0 Å². The normalized spacial score (nSPS) is 23.5. The molecule has 4 bridgehead atoms. The van der Waals surface area contributed by atoms with E-state index >= 15 is 0 Å². The number of rotatable bonds is 12. The molecule has 4 aliphatic carbocycles. The maximum atomic E-state index is 14.4. The summed E-state index contributed by atoms with van der Waals surface area (Å²) in [6.07, 6.45) is -18.1. The van der Waals surface area contributed by atoms with Gasteiger partial charge in [-0.15, -0.1) is 0 Å². The third-order valence-corrected chi connectivity index (χ3v) is 10.8. The van der Waals surface area contributed by atoms with Crippen LogP contribution in [0.2, 0.25) is 0 Å². The number of hydrogen-bond donors (Lipinski definition) is 0. The van der Waals surface area contributed by atoms with Crippen LogP contribution in [0.4, 0.5) is 39.5 Å². The van der Waals surface area contributed by atoms with E-state index in [0.717, 1.165) is 26.2 Å². The predicted octanol–water partition coefficient (Wildman–Crippen LogP) is 12.9. The van der Waals surface area contributed by atoms with Crippen molar-refractivity contribution >= 4 is 17.9 Å². The molecular weight excluding hydrogens is 735 g/mol. The second-order valence-electron chi connectivity index (χ2n) is 16.3. The maximum Gasteiger partial charge on any atom is 0.437 e. The summed E-state index contributed by atoms with van der Waals surface area (Å²) in [7, 11) is 0. The number of carbonyl (C=O) groups is 3. The van der Waals surface area contributed by atoms with Gasteiger partial charge in [-0.05, 0) is 116 Å². The second kappa shape index (κ2) is 19.8. The number of ether oxygens (including phenoxy) is 3. The molecule has 4 aliphatic rings. The van der Waals surface area contributed by atoms with Gasteiger partial charge in [0.2, 0.25) is 0 Å². The number of halogens is 9. The highest BCUT2D eigenvalue weighted by atomic mass is 19.4. The maximum absolute atomic E-state index is 14.4. The Bertz CT molecular complexity index is 1140. The quantitative estimate of drug-likeness (QED) is 0.111. The van der Waals surface area contributed by atoms with Gasteiger partial charge in [0.05, 0.1) is 16.2 Å². The van der Waals surface area contributed by atoms with Crippen molar-refractivity contribution in [2.24, 2.45) is 39.9 Å². The third kappa shape index (κ3) is 13.2. The summed E-state index contributed by atoms with van der Waals surface area (Å²) >= 11 is 0. The van der Waals surface area contributed by atoms with Crippen molar-refractivity contribution in [1.82, 2.24) is 0 Å². The van der Waals surface area contributed by atoms with Gasteiger partial charge in [-0.25, -0.2) is 0 Å². The first kappa shape index (κ1) is 56.1. The van der Waals surface area contributed by atoms with E-state index in [4.69, 9.17) is 4.74 Å². The molecule has 0 amide bonds. The zero-order chi connectivity index (χ0) is 38.9. The SMILES string of the molecule is C.C.C.C.CCC(C)(C)C(=O)OC(C)C(F)(F)F.CCC(C)(C)C(=O)OC(CC(C)C)CC(OC(=O)C12CC3CC(CC(C3)C1)C2)(C(F)(F)F)C(F)(F)F. The summed E-state index contributed by atoms with van der Waals surface area (Å²) in [6.45, 7) is 13.6. The zero-order valence-corrected chi connectivity index (χ0v) is 30.4. The van der Waals surface area contributed by atoms with Crippen molar-refractivity contribution in [3.8, 4) is 0 Å². The van der Waals surface area contributed by atoms with Crippen LogP contribution < -0.4 is 0 Å². The van der Waals surface area contributed by atoms with Gasteiger partial charge in [-0.2, -0.15) is 39.5 Å². The smallest absolute Gasteiger partial charge is 0.437 e. The fourth-order valence-corrected chi connectivity index (χ4v) is 7.18. The van der Waals surface area contributed by atoms with E-state index < -0.39 is 76.9 Å². The first-order valence-corrected chi connectivity index (χ1v) is 17.3. The lowest BCUT2D eigenvalue weighted by atomic mass is 9.49. The summed E-state index contributed by atoms with van der Waals surface area (Å²) in [5.41, 5.74) is -8.04. The molecule has 0 radical (unpaired) electrons. The number of esters is 3. The van der Waals surface area contributed by atoms with Crippen LogP contribution in [0.1, 0.15) is 156 Å². The molecule has 0 saturated heterocycles. The molecule has 6 nitrogen and oxygen atoms in total. The minimum absolute atomic E-state index is 0. The third-order valence-electron chi connectivity index (χ3n) is 10.8. The fraction of sp³-hybridized carbons (Fsp3) is 0.923. The molecule has 0 aromatic heterocycles. The van der Waals surface area contributed by atoms with E-state index in [1.165, 1.54) is 13.8 Å². The van der Waals surface area contributed by atoms with Gasteiger partial charge in [0, 0.05) is 6.42 Å². The molecule has 324 valence electrons. The molecule has 0 aromatic rings. The zero-order valence-electron chi connectivity index (χ0n) is 30.4. The van der Waals surface area contributed by atoms with E-state index in [1.807, 2.05) is 0 Å². The minimum Gasteiger partial charge on any atom is -0.462 e. The molecule has 0 spiro atoms. The first-order chi connectivity index (χ1) is 22.4. The van der Waals surface area contributed by atoms with Crippen LogP contribution in [0, 0.1) is 39.9 Å². The minimum atomic E-state index is -5.95. The predicted molar refractivity (Wildman–Crippen MR) is 192 cm³/mol. The monoisotopic (exact) mass is 804 g/mol. The molecule has 4 fully saturated rings. The van der Waals surface area contributed by atoms with Gasteiger partial charge in [0.25, 0.3) is 0 Å². The lowest BCUT2D eigenvalue weighted by Crippen LogP contribution is -2.63. The topological polar surface area (TPSA) is 78.9 Å². The molecule has 0 aliphatic heterocycles. The van der Waals surface area contributed by atoms with Crippen molar-refractivity contribution < 1.29 is 68.1 Å². The number of hydrogen-bond acceptors (Lipinski definition) is 6. The van der Waals surface area contributed by atoms with Gasteiger partial charge >= 0.3 is 42.0 Å². The van der Waals surface area contributed by atoms with E-state index in [-0.39, 0.29) is 85.5 Å². The van der Waals surface area contributed by atoms with Gasteiger partial charge < -0.3 is 14.2 Å². The van der Waals surface area contributed by atoms with Crippen molar-refractivity contribution in [1.29, 1.82) is 0 Å². The van der Waals surface area contributed by atoms with Crippen LogP contribution in [0.5, 0.6) is 0 Å². The highest BCUT2D eigenvalue weighted by molar-refractivity contribution is 5.78. The van der Waals surface area contributed by atoms with Crippen LogP contribution in [-0.2, 0) is 28.6 Å². The van der Waals surface area contributed by atoms with Crippen molar-refractivity contribution in [2.45, 2.75) is 193 Å². The summed E-state index contributed by atoms with van der Waals surface area (Å²) in [5, 5.41) is 0. The van der Waals surface area contributed by atoms with E-state index in [0.29, 0.717) is 6.42 Å². The number of alkyl halides is 9. The Labute approximate surface area is 318 Å². The Morgan fingerprint density at radius 2 is 1.00 bits per heavy atom. The van der Waals surface area contributed by atoms with Gasteiger partial charge in [0.1, 0.15) is 6.10 Å².